The smallest absolute Gasteiger partial charge is 0.359 e. The van der Waals surface area contributed by atoms with E-state index in [1.54, 1.807) is 6.20 Å². The summed E-state index contributed by atoms with van der Waals surface area (Å²) in [5, 5.41) is 9.03. The second-order valence-electron chi connectivity index (χ2n) is 3.74. The van der Waals surface area contributed by atoms with Crippen LogP contribution >= 0.6 is 0 Å². The largest absolute Gasteiger partial charge is 1.00 e. The van der Waals surface area contributed by atoms with Crippen LogP contribution in [-0.2, 0) is 6.42 Å². The maximum atomic E-state index is 9.03. The Kier molecular flexibility index (Phi) is 4.68. The number of H-pyrrole nitrogens is 1. The molecule has 0 radical (unpaired) electrons. The summed E-state index contributed by atoms with van der Waals surface area (Å²) in [4.78, 5) is 10.6. The molecule has 0 saturated heterocycles. The van der Waals surface area contributed by atoms with Crippen LogP contribution in [0.2, 0.25) is 0 Å². The molecule has 0 aliphatic carbocycles. The minimum atomic E-state index is -0.274. The number of benzene rings is 1. The number of aromatic amines is 1. The summed E-state index contributed by atoms with van der Waals surface area (Å²) in [5.74, 6) is 0.830. The number of halogens is 1. The minimum Gasteiger partial charge on any atom is -1.00 e. The van der Waals surface area contributed by atoms with E-state index in [0.717, 1.165) is 17.1 Å². The molecule has 2 rings (SSSR count). The fourth-order valence-corrected chi connectivity index (χ4v) is 1.66. The van der Waals surface area contributed by atoms with Crippen LogP contribution in [-0.4, -0.2) is 9.97 Å². The SMILES string of the molecule is Cc1ncc(C(Cc2ccccc2)[N+]#N)[nH]1.[Cl-]. The number of imidazole rings is 1. The lowest BCUT2D eigenvalue weighted by atomic mass is 10.0. The Morgan fingerprint density at radius 3 is 2.59 bits per heavy atom. The molecule has 17 heavy (non-hydrogen) atoms. The zero-order valence-corrected chi connectivity index (χ0v) is 10.2. The first kappa shape index (κ1) is 13.2. The van der Waals surface area contributed by atoms with Gasteiger partial charge < -0.3 is 17.4 Å². The molecule has 1 aromatic heterocycles. The summed E-state index contributed by atoms with van der Waals surface area (Å²) in [7, 11) is 0. The highest BCUT2D eigenvalue weighted by Crippen LogP contribution is 2.20. The lowest BCUT2D eigenvalue weighted by Crippen LogP contribution is -3.00. The third-order valence-corrected chi connectivity index (χ3v) is 2.49. The van der Waals surface area contributed by atoms with Gasteiger partial charge in [-0.3, -0.25) is 0 Å². The lowest BCUT2D eigenvalue weighted by molar-refractivity contribution is -0.00000377. The number of nitrogens with one attached hydrogen (secondary N) is 1. The second kappa shape index (κ2) is 6.02. The van der Waals surface area contributed by atoms with Gasteiger partial charge in [0.15, 0.2) is 0 Å². The first-order chi connectivity index (χ1) is 7.79. The van der Waals surface area contributed by atoms with E-state index in [0.29, 0.717) is 6.42 Å². The predicted molar refractivity (Wildman–Crippen MR) is 61.3 cm³/mol. The topological polar surface area (TPSA) is 56.8 Å². The lowest BCUT2D eigenvalue weighted by Gasteiger charge is -1.97. The Labute approximate surface area is 106 Å². The van der Waals surface area contributed by atoms with Crippen LogP contribution in [0.5, 0.6) is 0 Å². The standard InChI is InChI=1S/C12H13N4.ClH/c1-9-14-8-12(15-9)11(16-13)7-10-5-3-2-4-6-10;/h2-6,8,11H,7H2,1H3,(H,14,15);1H/q+1;/p-1. The van der Waals surface area contributed by atoms with E-state index in [-0.39, 0.29) is 18.4 Å². The molecule has 0 fully saturated rings. The normalized spacial score (nSPS) is 11.3. The molecule has 1 heterocycles. The van der Waals surface area contributed by atoms with Gasteiger partial charge in [-0.25, -0.2) is 4.98 Å². The van der Waals surface area contributed by atoms with Crippen molar-refractivity contribution < 1.29 is 12.4 Å². The summed E-state index contributed by atoms with van der Waals surface area (Å²) in [5.41, 5.74) is 1.97. The average molecular weight is 249 g/mol. The van der Waals surface area contributed by atoms with Crippen LogP contribution in [0.4, 0.5) is 0 Å². The van der Waals surface area contributed by atoms with Crippen molar-refractivity contribution in [2.45, 2.75) is 19.4 Å². The molecule has 0 bridgehead atoms. The van der Waals surface area contributed by atoms with Crippen molar-refractivity contribution in [3.8, 4) is 0 Å². The van der Waals surface area contributed by atoms with Crippen LogP contribution in [0, 0.1) is 12.3 Å². The van der Waals surface area contributed by atoms with Gasteiger partial charge in [0, 0.05) is 0 Å². The number of hydrogen-bond donors (Lipinski definition) is 1. The van der Waals surface area contributed by atoms with E-state index in [2.05, 4.69) is 14.9 Å². The van der Waals surface area contributed by atoms with Gasteiger partial charge in [-0.15, -0.1) is 0 Å². The van der Waals surface area contributed by atoms with Crippen molar-refractivity contribution in [3.05, 3.63) is 58.6 Å². The molecule has 5 heteroatoms. The first-order valence-corrected chi connectivity index (χ1v) is 5.19. The molecule has 2 aromatic rings. The van der Waals surface area contributed by atoms with E-state index in [1.807, 2.05) is 37.3 Å². The van der Waals surface area contributed by atoms with Gasteiger partial charge in [0.2, 0.25) is 5.39 Å². The zero-order chi connectivity index (χ0) is 11.4. The number of hydrogen-bond acceptors (Lipinski definition) is 2. The number of aryl methyl sites for hydroxylation is 1. The first-order valence-electron chi connectivity index (χ1n) is 5.19. The van der Waals surface area contributed by atoms with Crippen LogP contribution in [0.25, 0.3) is 4.98 Å². The summed E-state index contributed by atoms with van der Waals surface area (Å²) < 4.78 is 0. The average Bonchev–Trinajstić information content (AvgIpc) is 2.74. The third-order valence-electron chi connectivity index (χ3n) is 2.49. The van der Waals surface area contributed by atoms with Crippen LogP contribution in [0.15, 0.2) is 36.5 Å². The Morgan fingerprint density at radius 2 is 2.06 bits per heavy atom. The Hall–Kier alpha value is -1.86. The molecule has 0 amide bonds. The molecule has 1 atom stereocenters. The summed E-state index contributed by atoms with van der Waals surface area (Å²) in [6.45, 7) is 1.88. The van der Waals surface area contributed by atoms with Gasteiger partial charge in [0.1, 0.15) is 16.5 Å². The van der Waals surface area contributed by atoms with Gasteiger partial charge in [0.05, 0.1) is 12.6 Å². The molecule has 0 aliphatic heterocycles. The van der Waals surface area contributed by atoms with Crippen LogP contribution in [0.3, 0.4) is 0 Å². The Balaban J connectivity index is 0.00000144. The molecule has 1 unspecified atom stereocenters. The molecule has 0 saturated carbocycles. The fourth-order valence-electron chi connectivity index (χ4n) is 1.66. The van der Waals surface area contributed by atoms with E-state index >= 15 is 0 Å². The third kappa shape index (κ3) is 3.30. The van der Waals surface area contributed by atoms with Gasteiger partial charge in [-0.1, -0.05) is 30.3 Å². The minimum absolute atomic E-state index is 0. The van der Waals surface area contributed by atoms with Crippen molar-refractivity contribution >= 4 is 0 Å². The molecule has 0 aliphatic rings. The monoisotopic (exact) mass is 248 g/mol. The number of diazo groups is 1. The van der Waals surface area contributed by atoms with E-state index in [4.69, 9.17) is 5.39 Å². The van der Waals surface area contributed by atoms with E-state index in [1.165, 1.54) is 0 Å². The Morgan fingerprint density at radius 1 is 1.35 bits per heavy atom. The van der Waals surface area contributed by atoms with Gasteiger partial charge in [-0.05, 0) is 12.5 Å². The summed E-state index contributed by atoms with van der Waals surface area (Å²) in [6.07, 6.45) is 2.38. The van der Waals surface area contributed by atoms with Crippen molar-refractivity contribution in [1.29, 1.82) is 5.39 Å². The zero-order valence-electron chi connectivity index (χ0n) is 9.47. The molecule has 1 N–H and O–H groups in total. The maximum absolute atomic E-state index is 9.03. The number of aromatic nitrogens is 2. The highest BCUT2D eigenvalue weighted by Gasteiger charge is 2.25. The fraction of sp³-hybridized carbons (Fsp3) is 0.250. The van der Waals surface area contributed by atoms with Gasteiger partial charge in [0.25, 0.3) is 0 Å². The number of rotatable bonds is 3. The summed E-state index contributed by atoms with van der Waals surface area (Å²) in [6, 6.07) is 9.67. The van der Waals surface area contributed by atoms with Gasteiger partial charge in [-0.2, -0.15) is 0 Å². The van der Waals surface area contributed by atoms with Crippen molar-refractivity contribution in [1.82, 2.24) is 9.97 Å². The van der Waals surface area contributed by atoms with Crippen molar-refractivity contribution in [3.63, 3.8) is 0 Å². The molecule has 88 valence electrons. The van der Waals surface area contributed by atoms with Gasteiger partial charge >= 0.3 is 6.04 Å². The molecular weight excluding hydrogens is 236 g/mol. The highest BCUT2D eigenvalue weighted by molar-refractivity contribution is 5.20. The molecule has 1 aromatic carbocycles. The Bertz CT molecular complexity index is 501. The second-order valence-corrected chi connectivity index (χ2v) is 3.74. The highest BCUT2D eigenvalue weighted by atomic mass is 35.5. The van der Waals surface area contributed by atoms with E-state index < -0.39 is 0 Å². The predicted octanol–water partition coefficient (Wildman–Crippen LogP) is -0.141. The summed E-state index contributed by atoms with van der Waals surface area (Å²) >= 11 is 0. The molecule has 4 nitrogen and oxygen atoms in total. The maximum Gasteiger partial charge on any atom is 0.359 e. The van der Waals surface area contributed by atoms with Crippen molar-refractivity contribution in [2.24, 2.45) is 0 Å². The van der Waals surface area contributed by atoms with Crippen LogP contribution in [0.1, 0.15) is 23.1 Å². The molecular formula is C12H13ClN4. The van der Waals surface area contributed by atoms with E-state index in [9.17, 15) is 0 Å². The van der Waals surface area contributed by atoms with Crippen molar-refractivity contribution in [2.75, 3.05) is 0 Å². The number of nitrogens with zero attached hydrogens (tertiary/aromatic N) is 3. The molecule has 0 spiro atoms. The van der Waals surface area contributed by atoms with Crippen LogP contribution < -0.4 is 12.4 Å². The quantitative estimate of drug-likeness (QED) is 0.769.